The second-order valence-electron chi connectivity index (χ2n) is 6.56. The van der Waals surface area contributed by atoms with Gasteiger partial charge in [-0.3, -0.25) is 4.90 Å². The van der Waals surface area contributed by atoms with Crippen LogP contribution in [-0.4, -0.2) is 50.8 Å². The van der Waals surface area contributed by atoms with Gasteiger partial charge in [-0.25, -0.2) is 14.6 Å². The van der Waals surface area contributed by atoms with Crippen molar-refractivity contribution >= 4 is 51.9 Å². The highest BCUT2D eigenvalue weighted by molar-refractivity contribution is 7.73. The van der Waals surface area contributed by atoms with Crippen molar-refractivity contribution in [3.8, 4) is 0 Å². The van der Waals surface area contributed by atoms with Gasteiger partial charge in [0.1, 0.15) is 0 Å². The van der Waals surface area contributed by atoms with Crippen LogP contribution in [0, 0.1) is 10.9 Å². The highest BCUT2D eigenvalue weighted by atomic mass is 35.5. The van der Waals surface area contributed by atoms with Crippen molar-refractivity contribution in [3.63, 3.8) is 0 Å². The van der Waals surface area contributed by atoms with Gasteiger partial charge in [-0.05, 0) is 42.9 Å². The minimum absolute atomic E-state index is 0.676. The second kappa shape index (κ2) is 8.52. The zero-order valence-electron chi connectivity index (χ0n) is 15.4. The van der Waals surface area contributed by atoms with Gasteiger partial charge in [0, 0.05) is 49.3 Å². The predicted octanol–water partition coefficient (Wildman–Crippen LogP) is 3.95. The molecule has 0 atom stereocenters. The Bertz CT molecular complexity index is 997. The standard InChI is InChI=1S/C18H20ClN7S2/c1-13-3-4-14(11-15(13)19)22-17-23-26(18(27)28-17)12-24-7-9-25(10-8-24)16-20-5-2-6-21-16/h2-6,11H,7-10,12H2,1H3,(H,22,23). The van der Waals surface area contributed by atoms with Crippen LogP contribution in [0.5, 0.6) is 0 Å². The van der Waals surface area contributed by atoms with E-state index >= 15 is 0 Å². The summed E-state index contributed by atoms with van der Waals surface area (Å²) in [7, 11) is 0. The van der Waals surface area contributed by atoms with Crippen LogP contribution in [0.2, 0.25) is 5.02 Å². The van der Waals surface area contributed by atoms with Crippen LogP contribution in [-0.2, 0) is 6.67 Å². The van der Waals surface area contributed by atoms with E-state index in [9.17, 15) is 0 Å². The molecule has 28 heavy (non-hydrogen) atoms. The molecule has 2 aromatic heterocycles. The Labute approximate surface area is 177 Å². The maximum absolute atomic E-state index is 6.20. The highest BCUT2D eigenvalue weighted by Crippen LogP contribution is 2.25. The quantitative estimate of drug-likeness (QED) is 0.611. The Balaban J connectivity index is 1.37. The van der Waals surface area contributed by atoms with Gasteiger partial charge >= 0.3 is 0 Å². The summed E-state index contributed by atoms with van der Waals surface area (Å²) in [5.41, 5.74) is 1.95. The minimum Gasteiger partial charge on any atom is -0.338 e. The van der Waals surface area contributed by atoms with E-state index in [1.54, 1.807) is 12.4 Å². The van der Waals surface area contributed by atoms with E-state index in [2.05, 4.69) is 30.2 Å². The zero-order chi connectivity index (χ0) is 19.5. The van der Waals surface area contributed by atoms with E-state index in [-0.39, 0.29) is 0 Å². The number of nitrogens with zero attached hydrogens (tertiary/aromatic N) is 6. The van der Waals surface area contributed by atoms with Crippen molar-refractivity contribution in [3.05, 3.63) is 51.2 Å². The molecule has 1 N–H and O–H groups in total. The maximum atomic E-state index is 6.20. The molecular weight excluding hydrogens is 414 g/mol. The third-order valence-corrected chi connectivity index (χ3v) is 6.20. The van der Waals surface area contributed by atoms with Crippen LogP contribution in [0.4, 0.5) is 16.8 Å². The first-order chi connectivity index (χ1) is 13.6. The zero-order valence-corrected chi connectivity index (χ0v) is 17.8. The fraction of sp³-hybridized carbons (Fsp3) is 0.333. The van der Waals surface area contributed by atoms with Crippen LogP contribution >= 0.6 is 35.2 Å². The largest absolute Gasteiger partial charge is 0.338 e. The maximum Gasteiger partial charge on any atom is 0.225 e. The Hall–Kier alpha value is -2.07. The molecule has 4 rings (SSSR count). The fourth-order valence-electron chi connectivity index (χ4n) is 2.97. The van der Waals surface area contributed by atoms with Crippen molar-refractivity contribution in [1.29, 1.82) is 0 Å². The molecular formula is C18H20ClN7S2. The summed E-state index contributed by atoms with van der Waals surface area (Å²) < 4.78 is 2.61. The first kappa shape index (κ1) is 19.3. The molecule has 0 aliphatic carbocycles. The third kappa shape index (κ3) is 4.49. The Morgan fingerprint density at radius 1 is 1.18 bits per heavy atom. The number of anilines is 3. The molecule has 0 bridgehead atoms. The molecule has 0 unspecified atom stereocenters. The molecule has 1 fully saturated rings. The molecule has 10 heteroatoms. The summed E-state index contributed by atoms with van der Waals surface area (Å²) in [6.45, 7) is 6.24. The number of benzene rings is 1. The molecule has 3 heterocycles. The number of hydrogen-bond acceptors (Lipinski definition) is 8. The number of piperazine rings is 1. The number of hydrogen-bond donors (Lipinski definition) is 1. The smallest absolute Gasteiger partial charge is 0.225 e. The van der Waals surface area contributed by atoms with Crippen LogP contribution in [0.1, 0.15) is 5.56 Å². The molecule has 1 aliphatic heterocycles. The van der Waals surface area contributed by atoms with Crippen LogP contribution in [0.3, 0.4) is 0 Å². The van der Waals surface area contributed by atoms with E-state index in [0.29, 0.717) is 6.67 Å². The fourth-order valence-corrected chi connectivity index (χ4v) is 4.17. The lowest BCUT2D eigenvalue weighted by molar-refractivity contribution is 0.194. The summed E-state index contributed by atoms with van der Waals surface area (Å²) in [5, 5.41) is 9.41. The topological polar surface area (TPSA) is 62.1 Å². The lowest BCUT2D eigenvalue weighted by atomic mass is 10.2. The van der Waals surface area contributed by atoms with Gasteiger partial charge in [0.25, 0.3) is 0 Å². The van der Waals surface area contributed by atoms with Crippen LogP contribution in [0.15, 0.2) is 36.7 Å². The van der Waals surface area contributed by atoms with Gasteiger partial charge in [-0.1, -0.05) is 29.0 Å². The number of aromatic nitrogens is 4. The molecule has 1 aromatic carbocycles. The number of halogens is 1. The Morgan fingerprint density at radius 2 is 1.93 bits per heavy atom. The average molecular weight is 434 g/mol. The van der Waals surface area contributed by atoms with Crippen molar-refractivity contribution < 1.29 is 0 Å². The monoisotopic (exact) mass is 433 g/mol. The second-order valence-corrected chi connectivity index (χ2v) is 8.59. The molecule has 0 amide bonds. The predicted molar refractivity (Wildman–Crippen MR) is 116 cm³/mol. The first-order valence-corrected chi connectivity index (χ1v) is 10.5. The lowest BCUT2D eigenvalue weighted by Gasteiger charge is -2.34. The van der Waals surface area contributed by atoms with E-state index in [0.717, 1.165) is 57.5 Å². The summed E-state index contributed by atoms with van der Waals surface area (Å²) in [6, 6.07) is 7.70. The Morgan fingerprint density at radius 3 is 2.64 bits per heavy atom. The highest BCUT2D eigenvalue weighted by Gasteiger charge is 2.19. The summed E-state index contributed by atoms with van der Waals surface area (Å²) in [5.74, 6) is 0.788. The van der Waals surface area contributed by atoms with E-state index in [1.165, 1.54) is 11.3 Å². The van der Waals surface area contributed by atoms with Crippen LogP contribution < -0.4 is 10.2 Å². The van der Waals surface area contributed by atoms with E-state index in [4.69, 9.17) is 23.8 Å². The molecule has 0 saturated carbocycles. The number of rotatable bonds is 5. The van der Waals surface area contributed by atoms with Gasteiger partial charge in [0.2, 0.25) is 11.1 Å². The summed E-state index contributed by atoms with van der Waals surface area (Å²) in [6.07, 6.45) is 3.55. The average Bonchev–Trinajstić information content (AvgIpc) is 3.05. The normalized spacial score (nSPS) is 15.0. The van der Waals surface area contributed by atoms with E-state index < -0.39 is 0 Å². The van der Waals surface area contributed by atoms with Crippen LogP contribution in [0.25, 0.3) is 0 Å². The number of nitrogens with one attached hydrogen (secondary N) is 1. The molecule has 7 nitrogen and oxygen atoms in total. The number of aryl methyl sites for hydroxylation is 1. The molecule has 1 saturated heterocycles. The lowest BCUT2D eigenvalue weighted by Crippen LogP contribution is -2.47. The minimum atomic E-state index is 0.676. The van der Waals surface area contributed by atoms with Gasteiger partial charge in [-0.15, -0.1) is 5.10 Å². The molecule has 3 aromatic rings. The van der Waals surface area contributed by atoms with Crippen molar-refractivity contribution in [2.45, 2.75) is 13.6 Å². The summed E-state index contributed by atoms with van der Waals surface area (Å²) in [4.78, 5) is 13.2. The molecule has 0 spiro atoms. The molecule has 0 radical (unpaired) electrons. The van der Waals surface area contributed by atoms with Gasteiger partial charge in [0.15, 0.2) is 3.95 Å². The Kier molecular flexibility index (Phi) is 5.86. The molecule has 1 aliphatic rings. The van der Waals surface area contributed by atoms with Crippen molar-refractivity contribution in [2.24, 2.45) is 0 Å². The SMILES string of the molecule is Cc1ccc(Nc2nn(CN3CCN(c4ncccn4)CC3)c(=S)s2)cc1Cl. The van der Waals surface area contributed by atoms with Crippen molar-refractivity contribution in [1.82, 2.24) is 24.6 Å². The van der Waals surface area contributed by atoms with Crippen molar-refractivity contribution in [2.75, 3.05) is 36.4 Å². The van der Waals surface area contributed by atoms with E-state index in [1.807, 2.05) is 35.9 Å². The summed E-state index contributed by atoms with van der Waals surface area (Å²) >= 11 is 13.2. The first-order valence-electron chi connectivity index (χ1n) is 8.94. The van der Waals surface area contributed by atoms with Gasteiger partial charge < -0.3 is 10.2 Å². The van der Waals surface area contributed by atoms with Gasteiger partial charge in [0.05, 0.1) is 6.67 Å². The van der Waals surface area contributed by atoms with Gasteiger partial charge in [-0.2, -0.15) is 0 Å². The third-order valence-electron chi connectivity index (χ3n) is 4.57. The molecule has 146 valence electrons.